The summed E-state index contributed by atoms with van der Waals surface area (Å²) in [5, 5.41) is 12.0. The lowest BCUT2D eigenvalue weighted by Crippen LogP contribution is -2.30. The maximum Gasteiger partial charge on any atom is 0.265 e. The lowest BCUT2D eigenvalue weighted by atomic mass is 10.2. The Morgan fingerprint density at radius 1 is 0.846 bits per heavy atom. The van der Waals surface area contributed by atoms with E-state index in [2.05, 4.69) is 5.32 Å². The SMILES string of the molecule is CC(Oc1ccc(Oc2ccccc2)cc1)C(=O)Nc1ccc(O)cc1. The summed E-state index contributed by atoms with van der Waals surface area (Å²) in [4.78, 5) is 12.2. The molecule has 0 saturated heterocycles. The molecule has 0 heterocycles. The van der Waals surface area contributed by atoms with E-state index >= 15 is 0 Å². The number of phenols is 1. The molecular weight excluding hydrogens is 330 g/mol. The topological polar surface area (TPSA) is 67.8 Å². The molecule has 3 rings (SSSR count). The predicted octanol–water partition coefficient (Wildman–Crippen LogP) is 4.59. The first kappa shape index (κ1) is 17.4. The van der Waals surface area contributed by atoms with Crippen molar-refractivity contribution in [3.63, 3.8) is 0 Å². The van der Waals surface area contributed by atoms with Gasteiger partial charge in [0.1, 0.15) is 23.0 Å². The molecular formula is C21H19NO4. The molecule has 5 heteroatoms. The highest BCUT2D eigenvalue weighted by molar-refractivity contribution is 5.94. The molecule has 0 bridgehead atoms. The zero-order chi connectivity index (χ0) is 18.4. The van der Waals surface area contributed by atoms with E-state index in [9.17, 15) is 9.90 Å². The van der Waals surface area contributed by atoms with Gasteiger partial charge in [-0.2, -0.15) is 0 Å². The molecule has 2 N–H and O–H groups in total. The lowest BCUT2D eigenvalue weighted by Gasteiger charge is -2.15. The summed E-state index contributed by atoms with van der Waals surface area (Å²) in [7, 11) is 0. The molecule has 3 aromatic carbocycles. The zero-order valence-corrected chi connectivity index (χ0v) is 14.3. The Labute approximate surface area is 151 Å². The van der Waals surface area contributed by atoms with Crippen LogP contribution in [-0.2, 0) is 4.79 Å². The van der Waals surface area contributed by atoms with Crippen LogP contribution in [0, 0.1) is 0 Å². The van der Waals surface area contributed by atoms with Gasteiger partial charge in [-0.3, -0.25) is 4.79 Å². The van der Waals surface area contributed by atoms with Crippen molar-refractivity contribution in [2.45, 2.75) is 13.0 Å². The van der Waals surface area contributed by atoms with Crippen molar-refractivity contribution < 1.29 is 19.4 Å². The molecule has 0 aliphatic carbocycles. The number of rotatable bonds is 6. The highest BCUT2D eigenvalue weighted by Gasteiger charge is 2.15. The highest BCUT2D eigenvalue weighted by atomic mass is 16.5. The van der Waals surface area contributed by atoms with Gasteiger partial charge in [0.05, 0.1) is 0 Å². The molecule has 3 aromatic rings. The number of hydrogen-bond acceptors (Lipinski definition) is 4. The fraction of sp³-hybridized carbons (Fsp3) is 0.0952. The quantitative estimate of drug-likeness (QED) is 0.639. The second-order valence-corrected chi connectivity index (χ2v) is 5.68. The summed E-state index contributed by atoms with van der Waals surface area (Å²) in [5.41, 5.74) is 0.592. The molecule has 0 aliphatic rings. The molecule has 0 aliphatic heterocycles. The van der Waals surface area contributed by atoms with Gasteiger partial charge in [-0.05, 0) is 67.6 Å². The fourth-order valence-electron chi connectivity index (χ4n) is 2.26. The van der Waals surface area contributed by atoms with Gasteiger partial charge in [0.2, 0.25) is 0 Å². The van der Waals surface area contributed by atoms with Crippen LogP contribution >= 0.6 is 0 Å². The third kappa shape index (κ3) is 4.77. The van der Waals surface area contributed by atoms with Crippen molar-refractivity contribution in [1.29, 1.82) is 0 Å². The standard InChI is InChI=1S/C21H19NO4/c1-15(21(24)22-16-7-9-17(23)10-8-16)25-19-11-13-20(14-12-19)26-18-5-3-2-4-6-18/h2-15,23H,1H3,(H,22,24). The molecule has 1 unspecified atom stereocenters. The number of aromatic hydroxyl groups is 1. The third-order valence-electron chi connectivity index (χ3n) is 3.62. The normalized spacial score (nSPS) is 11.4. The molecule has 1 atom stereocenters. The van der Waals surface area contributed by atoms with E-state index in [1.54, 1.807) is 43.3 Å². The van der Waals surface area contributed by atoms with Crippen molar-refractivity contribution in [3.05, 3.63) is 78.9 Å². The largest absolute Gasteiger partial charge is 0.508 e. The van der Waals surface area contributed by atoms with Gasteiger partial charge in [-0.25, -0.2) is 0 Å². The monoisotopic (exact) mass is 349 g/mol. The second-order valence-electron chi connectivity index (χ2n) is 5.68. The van der Waals surface area contributed by atoms with Crippen LogP contribution in [0.4, 0.5) is 5.69 Å². The summed E-state index contributed by atoms with van der Waals surface area (Å²) in [6, 6.07) is 22.8. The number of hydrogen-bond donors (Lipinski definition) is 2. The van der Waals surface area contributed by atoms with Crippen molar-refractivity contribution in [2.75, 3.05) is 5.32 Å². The highest BCUT2D eigenvalue weighted by Crippen LogP contribution is 2.24. The van der Waals surface area contributed by atoms with E-state index in [4.69, 9.17) is 9.47 Å². The molecule has 132 valence electrons. The van der Waals surface area contributed by atoms with Crippen LogP contribution in [0.2, 0.25) is 0 Å². The number of nitrogens with one attached hydrogen (secondary N) is 1. The Morgan fingerprint density at radius 2 is 1.42 bits per heavy atom. The second kappa shape index (κ2) is 8.07. The summed E-state index contributed by atoms with van der Waals surface area (Å²) in [5.74, 6) is 1.87. The number of phenolic OH excluding ortho intramolecular Hbond substituents is 1. The summed E-state index contributed by atoms with van der Waals surface area (Å²) in [6.45, 7) is 1.67. The van der Waals surface area contributed by atoms with E-state index in [0.29, 0.717) is 17.2 Å². The number of para-hydroxylation sites is 1. The van der Waals surface area contributed by atoms with Gasteiger partial charge >= 0.3 is 0 Å². The number of carbonyl (C=O) groups excluding carboxylic acids is 1. The van der Waals surface area contributed by atoms with Crippen molar-refractivity contribution >= 4 is 11.6 Å². The van der Waals surface area contributed by atoms with Gasteiger partial charge in [-0.15, -0.1) is 0 Å². The van der Waals surface area contributed by atoms with E-state index in [0.717, 1.165) is 5.75 Å². The average Bonchev–Trinajstić information content (AvgIpc) is 2.66. The van der Waals surface area contributed by atoms with Crippen LogP contribution in [0.3, 0.4) is 0 Å². The molecule has 1 amide bonds. The molecule has 0 radical (unpaired) electrons. The maximum absolute atomic E-state index is 12.2. The summed E-state index contributed by atoms with van der Waals surface area (Å²) in [6.07, 6.45) is -0.676. The van der Waals surface area contributed by atoms with Gasteiger partial charge in [0.15, 0.2) is 6.10 Å². The number of ether oxygens (including phenoxy) is 2. The van der Waals surface area contributed by atoms with Crippen LogP contribution < -0.4 is 14.8 Å². The van der Waals surface area contributed by atoms with Crippen molar-refractivity contribution in [1.82, 2.24) is 0 Å². The molecule has 0 aromatic heterocycles. The van der Waals surface area contributed by atoms with E-state index < -0.39 is 6.10 Å². The first-order valence-corrected chi connectivity index (χ1v) is 8.20. The summed E-state index contributed by atoms with van der Waals surface area (Å²) < 4.78 is 11.4. The fourth-order valence-corrected chi connectivity index (χ4v) is 2.26. The van der Waals surface area contributed by atoms with Crippen LogP contribution in [0.5, 0.6) is 23.0 Å². The van der Waals surface area contributed by atoms with Gasteiger partial charge in [-0.1, -0.05) is 18.2 Å². The third-order valence-corrected chi connectivity index (χ3v) is 3.62. The smallest absolute Gasteiger partial charge is 0.265 e. The Balaban J connectivity index is 1.56. The first-order chi connectivity index (χ1) is 12.6. The Bertz CT molecular complexity index is 845. The minimum absolute atomic E-state index is 0.144. The molecule has 0 spiro atoms. The number of amides is 1. The maximum atomic E-state index is 12.2. The Hall–Kier alpha value is -3.47. The lowest BCUT2D eigenvalue weighted by molar-refractivity contribution is -0.122. The molecule has 26 heavy (non-hydrogen) atoms. The minimum Gasteiger partial charge on any atom is -0.508 e. The molecule has 0 saturated carbocycles. The van der Waals surface area contributed by atoms with Crippen LogP contribution in [0.15, 0.2) is 78.9 Å². The van der Waals surface area contributed by atoms with Crippen LogP contribution in [-0.4, -0.2) is 17.1 Å². The van der Waals surface area contributed by atoms with E-state index in [1.165, 1.54) is 12.1 Å². The molecule has 0 fully saturated rings. The number of anilines is 1. The zero-order valence-electron chi connectivity index (χ0n) is 14.3. The average molecular weight is 349 g/mol. The van der Waals surface area contributed by atoms with E-state index in [-0.39, 0.29) is 11.7 Å². The van der Waals surface area contributed by atoms with Crippen LogP contribution in [0.25, 0.3) is 0 Å². The summed E-state index contributed by atoms with van der Waals surface area (Å²) >= 11 is 0. The molecule has 5 nitrogen and oxygen atoms in total. The minimum atomic E-state index is -0.676. The van der Waals surface area contributed by atoms with E-state index in [1.807, 2.05) is 30.3 Å². The Kier molecular flexibility index (Phi) is 5.39. The van der Waals surface area contributed by atoms with Gasteiger partial charge in [0, 0.05) is 5.69 Å². The van der Waals surface area contributed by atoms with Gasteiger partial charge < -0.3 is 19.9 Å². The number of carbonyl (C=O) groups is 1. The van der Waals surface area contributed by atoms with Gasteiger partial charge in [0.25, 0.3) is 5.91 Å². The van der Waals surface area contributed by atoms with Crippen molar-refractivity contribution in [3.8, 4) is 23.0 Å². The number of benzene rings is 3. The first-order valence-electron chi connectivity index (χ1n) is 8.20. The predicted molar refractivity (Wildman–Crippen MR) is 99.8 cm³/mol. The Morgan fingerprint density at radius 3 is 2.08 bits per heavy atom. The van der Waals surface area contributed by atoms with Crippen molar-refractivity contribution in [2.24, 2.45) is 0 Å². The van der Waals surface area contributed by atoms with Crippen LogP contribution in [0.1, 0.15) is 6.92 Å².